The highest BCUT2D eigenvalue weighted by Gasteiger charge is 2.21. The Morgan fingerprint density at radius 2 is 1.81 bits per heavy atom. The Bertz CT molecular complexity index is 1060. The number of hydrogen-bond donors (Lipinski definition) is 1. The van der Waals surface area contributed by atoms with E-state index in [1.165, 1.54) is 37.0 Å². The summed E-state index contributed by atoms with van der Waals surface area (Å²) < 4.78 is 14.7. The minimum atomic E-state index is -0.297. The summed E-state index contributed by atoms with van der Waals surface area (Å²) in [7, 11) is 0. The minimum absolute atomic E-state index is 0.267. The van der Waals surface area contributed by atoms with E-state index in [0.717, 1.165) is 30.9 Å². The average molecular weight is 441 g/mol. The van der Waals surface area contributed by atoms with Crippen molar-refractivity contribution in [3.63, 3.8) is 0 Å². The third-order valence-electron chi connectivity index (χ3n) is 5.58. The van der Waals surface area contributed by atoms with Crippen LogP contribution in [-0.4, -0.2) is 33.7 Å². The molecular weight excluding hydrogens is 415 g/mol. The third kappa shape index (κ3) is 5.32. The van der Waals surface area contributed by atoms with Gasteiger partial charge < -0.3 is 5.32 Å². The summed E-state index contributed by atoms with van der Waals surface area (Å²) in [4.78, 5) is 15.4. The van der Waals surface area contributed by atoms with Crippen molar-refractivity contribution in [2.24, 2.45) is 0 Å². The lowest BCUT2D eigenvalue weighted by Gasteiger charge is -2.26. The van der Waals surface area contributed by atoms with Crippen molar-refractivity contribution < 1.29 is 9.18 Å². The SMILES string of the molecule is Cc1nn(Cc2ccc(F)cc2)c(Cl)c1C(=O)Nc1cccc(CN2CCCCC2)c1. The van der Waals surface area contributed by atoms with Gasteiger partial charge in [0.05, 0.1) is 17.8 Å². The van der Waals surface area contributed by atoms with E-state index >= 15 is 0 Å². The van der Waals surface area contributed by atoms with Gasteiger partial charge in [-0.05, 0) is 68.2 Å². The van der Waals surface area contributed by atoms with Crippen LogP contribution in [0.15, 0.2) is 48.5 Å². The number of aromatic nitrogens is 2. The molecule has 2 heterocycles. The summed E-state index contributed by atoms with van der Waals surface area (Å²) in [6, 6.07) is 14.1. The molecule has 0 aliphatic carbocycles. The van der Waals surface area contributed by atoms with Gasteiger partial charge in [-0.1, -0.05) is 42.3 Å². The van der Waals surface area contributed by atoms with Crippen molar-refractivity contribution in [3.05, 3.63) is 81.9 Å². The highest BCUT2D eigenvalue weighted by Crippen LogP contribution is 2.23. The Kier molecular flexibility index (Phi) is 6.68. The number of carbonyl (C=O) groups is 1. The zero-order valence-electron chi connectivity index (χ0n) is 17.6. The number of piperidine rings is 1. The van der Waals surface area contributed by atoms with E-state index in [1.54, 1.807) is 23.7 Å². The third-order valence-corrected chi connectivity index (χ3v) is 5.96. The molecule has 0 saturated carbocycles. The number of benzene rings is 2. The number of carbonyl (C=O) groups excluding carboxylic acids is 1. The Hall–Kier alpha value is -2.70. The van der Waals surface area contributed by atoms with E-state index in [0.29, 0.717) is 17.8 Å². The van der Waals surface area contributed by atoms with Crippen molar-refractivity contribution in [3.8, 4) is 0 Å². The molecule has 5 nitrogen and oxygen atoms in total. The Labute approximate surface area is 186 Å². The fraction of sp³-hybridized carbons (Fsp3) is 0.333. The van der Waals surface area contributed by atoms with E-state index in [2.05, 4.69) is 21.4 Å². The van der Waals surface area contributed by atoms with E-state index in [1.807, 2.05) is 18.2 Å². The number of hydrogen-bond acceptors (Lipinski definition) is 3. The lowest BCUT2D eigenvalue weighted by atomic mass is 10.1. The maximum absolute atomic E-state index is 13.1. The van der Waals surface area contributed by atoms with Crippen molar-refractivity contribution >= 4 is 23.2 Å². The van der Waals surface area contributed by atoms with Crippen LogP contribution in [0.4, 0.5) is 10.1 Å². The summed E-state index contributed by atoms with van der Waals surface area (Å²) in [5.41, 5.74) is 3.67. The molecule has 0 unspecified atom stereocenters. The van der Waals surface area contributed by atoms with Crippen molar-refractivity contribution in [1.82, 2.24) is 14.7 Å². The van der Waals surface area contributed by atoms with Crippen LogP contribution in [0.2, 0.25) is 5.15 Å². The molecule has 0 radical (unpaired) electrons. The van der Waals surface area contributed by atoms with Crippen LogP contribution in [0, 0.1) is 12.7 Å². The minimum Gasteiger partial charge on any atom is -0.322 e. The van der Waals surface area contributed by atoms with Gasteiger partial charge in [0.15, 0.2) is 0 Å². The molecule has 162 valence electrons. The molecule has 1 aromatic heterocycles. The quantitative estimate of drug-likeness (QED) is 0.568. The molecule has 4 rings (SSSR count). The maximum Gasteiger partial charge on any atom is 0.260 e. The zero-order valence-corrected chi connectivity index (χ0v) is 18.3. The molecule has 1 fully saturated rings. The lowest BCUT2D eigenvalue weighted by molar-refractivity contribution is 0.102. The van der Waals surface area contributed by atoms with E-state index in [-0.39, 0.29) is 16.9 Å². The second kappa shape index (κ2) is 9.62. The Balaban J connectivity index is 1.46. The Morgan fingerprint density at radius 3 is 2.55 bits per heavy atom. The van der Waals surface area contributed by atoms with Gasteiger partial charge in [-0.15, -0.1) is 0 Å². The first-order valence-corrected chi connectivity index (χ1v) is 11.0. The smallest absolute Gasteiger partial charge is 0.260 e. The first kappa shape index (κ1) is 21.5. The van der Waals surface area contributed by atoms with E-state index < -0.39 is 0 Å². The summed E-state index contributed by atoms with van der Waals surface area (Å²) in [6.07, 6.45) is 3.80. The fourth-order valence-corrected chi connectivity index (χ4v) is 4.32. The second-order valence-corrected chi connectivity index (χ2v) is 8.38. The highest BCUT2D eigenvalue weighted by atomic mass is 35.5. The number of halogens is 2. The number of nitrogens with one attached hydrogen (secondary N) is 1. The summed E-state index contributed by atoms with van der Waals surface area (Å²) in [5.74, 6) is -0.586. The van der Waals surface area contributed by atoms with Crippen LogP contribution in [0.1, 0.15) is 46.4 Å². The Morgan fingerprint density at radius 1 is 1.06 bits per heavy atom. The van der Waals surface area contributed by atoms with Crippen molar-refractivity contribution in [2.75, 3.05) is 18.4 Å². The van der Waals surface area contributed by atoms with Crippen LogP contribution >= 0.6 is 11.6 Å². The average Bonchev–Trinajstić information content (AvgIpc) is 3.03. The van der Waals surface area contributed by atoms with Gasteiger partial charge in [-0.25, -0.2) is 9.07 Å². The summed E-state index contributed by atoms with van der Waals surface area (Å²) in [6.45, 7) is 5.25. The summed E-state index contributed by atoms with van der Waals surface area (Å²) >= 11 is 6.49. The molecule has 1 amide bonds. The van der Waals surface area contributed by atoms with E-state index in [9.17, 15) is 9.18 Å². The number of likely N-dealkylation sites (tertiary alicyclic amines) is 1. The van der Waals surface area contributed by atoms with Gasteiger partial charge in [0.1, 0.15) is 11.0 Å². The molecule has 2 aromatic carbocycles. The van der Waals surface area contributed by atoms with Crippen LogP contribution in [0.5, 0.6) is 0 Å². The number of anilines is 1. The number of amides is 1. The van der Waals surface area contributed by atoms with Gasteiger partial charge in [0, 0.05) is 12.2 Å². The molecule has 31 heavy (non-hydrogen) atoms. The zero-order chi connectivity index (χ0) is 21.8. The van der Waals surface area contributed by atoms with Crippen LogP contribution < -0.4 is 5.32 Å². The van der Waals surface area contributed by atoms with Gasteiger partial charge >= 0.3 is 0 Å². The van der Waals surface area contributed by atoms with Crippen molar-refractivity contribution in [2.45, 2.75) is 39.3 Å². The largest absolute Gasteiger partial charge is 0.322 e. The molecule has 1 aliphatic rings. The second-order valence-electron chi connectivity index (χ2n) is 8.03. The predicted molar refractivity (Wildman–Crippen MR) is 121 cm³/mol. The van der Waals surface area contributed by atoms with Gasteiger partial charge in [0.2, 0.25) is 0 Å². The molecular formula is C24H26ClFN4O. The normalized spacial score (nSPS) is 14.5. The van der Waals surface area contributed by atoms with Crippen molar-refractivity contribution in [1.29, 1.82) is 0 Å². The highest BCUT2D eigenvalue weighted by molar-refractivity contribution is 6.33. The predicted octanol–water partition coefficient (Wildman–Crippen LogP) is 5.27. The monoisotopic (exact) mass is 440 g/mol. The molecule has 1 aliphatic heterocycles. The number of nitrogens with zero attached hydrogens (tertiary/aromatic N) is 3. The topological polar surface area (TPSA) is 50.2 Å². The van der Waals surface area contributed by atoms with Gasteiger partial charge in [-0.2, -0.15) is 5.10 Å². The number of aryl methyl sites for hydroxylation is 1. The van der Waals surface area contributed by atoms with Gasteiger partial charge in [-0.3, -0.25) is 9.69 Å². The van der Waals surface area contributed by atoms with Crippen LogP contribution in [0.3, 0.4) is 0 Å². The molecule has 0 spiro atoms. The summed E-state index contributed by atoms with van der Waals surface area (Å²) in [5, 5.41) is 7.63. The van der Waals surface area contributed by atoms with Crippen LogP contribution in [-0.2, 0) is 13.1 Å². The molecule has 1 saturated heterocycles. The molecule has 1 N–H and O–H groups in total. The molecule has 3 aromatic rings. The fourth-order valence-electron chi connectivity index (χ4n) is 4.00. The van der Waals surface area contributed by atoms with Gasteiger partial charge in [0.25, 0.3) is 5.91 Å². The van der Waals surface area contributed by atoms with Crippen LogP contribution in [0.25, 0.3) is 0 Å². The van der Waals surface area contributed by atoms with E-state index in [4.69, 9.17) is 11.6 Å². The molecule has 0 bridgehead atoms. The standard InChI is InChI=1S/C24H26ClFN4O/c1-17-22(23(25)30(28-17)16-18-8-10-20(26)11-9-18)24(31)27-21-7-5-6-19(14-21)15-29-12-3-2-4-13-29/h5-11,14H,2-4,12-13,15-16H2,1H3,(H,27,31). The molecule has 7 heteroatoms. The maximum atomic E-state index is 13.1. The lowest BCUT2D eigenvalue weighted by Crippen LogP contribution is -2.29. The first-order valence-electron chi connectivity index (χ1n) is 10.6. The number of rotatable bonds is 6. The molecule has 0 atom stereocenters. The first-order chi connectivity index (χ1) is 15.0.